The van der Waals surface area contributed by atoms with E-state index < -0.39 is 77.2 Å². The number of hydrazine groups is 1. The monoisotopic (exact) mass is 686 g/mol. The van der Waals surface area contributed by atoms with Gasteiger partial charge in [0, 0.05) is 20.9 Å². The van der Waals surface area contributed by atoms with E-state index in [4.69, 9.17) is 0 Å². The molecule has 2 amide bonds. The van der Waals surface area contributed by atoms with Crippen LogP contribution in [0.25, 0.3) is 5.83 Å². The number of halogens is 12. The van der Waals surface area contributed by atoms with Crippen LogP contribution in [0.4, 0.5) is 43.9 Å². The largest absolute Gasteiger partial charge is 0.417 e. The first-order chi connectivity index (χ1) is 17.3. The summed E-state index contributed by atoms with van der Waals surface area (Å²) in [6, 6.07) is 4.65. The molecule has 0 saturated heterocycles. The van der Waals surface area contributed by atoms with Crippen molar-refractivity contribution in [1.82, 2.24) is 10.9 Å². The summed E-state index contributed by atoms with van der Waals surface area (Å²) in [5, 5.41) is 0. The fourth-order valence-electron chi connectivity index (χ4n) is 3.01. The standard InChI is InChI=1S/C22H14Br2F10N2O2/c23-12-5-11(6-13(24)8-12)15(21(29,30)31)9-17(25)10-1-2-14(16(7-10)22(32,33)34)19(38)36-35-18(37)3-4-20(26,27)28/h1-2,5-9,15H,3-4H2,(H,35,37)(H,36,38)/b17-9-. The Morgan fingerprint density at radius 3 is 1.95 bits per heavy atom. The van der Waals surface area contributed by atoms with E-state index in [1.54, 1.807) is 0 Å². The van der Waals surface area contributed by atoms with Gasteiger partial charge in [0.25, 0.3) is 5.91 Å². The number of carbonyl (C=O) groups excluding carboxylic acids is 2. The zero-order chi connectivity index (χ0) is 29.1. The summed E-state index contributed by atoms with van der Waals surface area (Å²) in [5.74, 6) is -7.20. The highest BCUT2D eigenvalue weighted by atomic mass is 79.9. The van der Waals surface area contributed by atoms with Crippen molar-refractivity contribution in [2.75, 3.05) is 0 Å². The molecule has 0 aliphatic carbocycles. The molecule has 0 aliphatic rings. The molecule has 0 saturated carbocycles. The van der Waals surface area contributed by atoms with E-state index in [1.807, 2.05) is 0 Å². The predicted octanol–water partition coefficient (Wildman–Crippen LogP) is 7.99. The summed E-state index contributed by atoms with van der Waals surface area (Å²) in [7, 11) is 0. The molecule has 2 N–H and O–H groups in total. The third-order valence-electron chi connectivity index (χ3n) is 4.71. The van der Waals surface area contributed by atoms with Gasteiger partial charge >= 0.3 is 18.5 Å². The molecule has 2 aromatic carbocycles. The van der Waals surface area contributed by atoms with E-state index in [-0.39, 0.29) is 21.1 Å². The topological polar surface area (TPSA) is 58.2 Å². The summed E-state index contributed by atoms with van der Waals surface area (Å²) in [5.41, 5.74) is -1.28. The molecule has 16 heteroatoms. The van der Waals surface area contributed by atoms with E-state index in [1.165, 1.54) is 16.9 Å². The first-order valence-corrected chi connectivity index (χ1v) is 11.6. The van der Waals surface area contributed by atoms with Crippen LogP contribution in [0.15, 0.2) is 51.4 Å². The quantitative estimate of drug-likeness (QED) is 0.239. The highest BCUT2D eigenvalue weighted by Gasteiger charge is 2.41. The van der Waals surface area contributed by atoms with Gasteiger partial charge in [-0.05, 0) is 42.0 Å². The molecule has 0 aromatic heterocycles. The Kier molecular flexibility index (Phi) is 10.0. The number of amides is 2. The molecule has 1 unspecified atom stereocenters. The molecule has 0 aliphatic heterocycles. The van der Waals surface area contributed by atoms with Gasteiger partial charge in [-0.25, -0.2) is 4.39 Å². The van der Waals surface area contributed by atoms with Gasteiger partial charge in [-0.15, -0.1) is 0 Å². The molecule has 2 rings (SSSR count). The molecule has 208 valence electrons. The number of rotatable bonds is 6. The molecule has 38 heavy (non-hydrogen) atoms. The highest BCUT2D eigenvalue weighted by Crippen LogP contribution is 2.41. The van der Waals surface area contributed by atoms with Crippen molar-refractivity contribution >= 4 is 49.5 Å². The van der Waals surface area contributed by atoms with Crippen molar-refractivity contribution in [3.8, 4) is 0 Å². The maximum absolute atomic E-state index is 14.9. The molecule has 4 nitrogen and oxygen atoms in total. The average molecular weight is 688 g/mol. The molecule has 0 bridgehead atoms. The predicted molar refractivity (Wildman–Crippen MR) is 122 cm³/mol. The zero-order valence-corrected chi connectivity index (χ0v) is 21.6. The molecule has 1 atom stereocenters. The lowest BCUT2D eigenvalue weighted by Crippen LogP contribution is -2.42. The van der Waals surface area contributed by atoms with E-state index >= 15 is 0 Å². The fraction of sp³-hybridized carbons (Fsp3) is 0.273. The van der Waals surface area contributed by atoms with Crippen LogP contribution >= 0.6 is 31.9 Å². The second-order valence-electron chi connectivity index (χ2n) is 7.61. The van der Waals surface area contributed by atoms with E-state index in [2.05, 4.69) is 31.9 Å². The van der Waals surface area contributed by atoms with E-state index in [0.29, 0.717) is 12.1 Å². The Morgan fingerprint density at radius 1 is 0.868 bits per heavy atom. The summed E-state index contributed by atoms with van der Waals surface area (Å²) in [6.45, 7) is 0. The number of nitrogens with one attached hydrogen (secondary N) is 2. The van der Waals surface area contributed by atoms with Gasteiger partial charge in [0.2, 0.25) is 5.91 Å². The van der Waals surface area contributed by atoms with Crippen LogP contribution in [0.3, 0.4) is 0 Å². The van der Waals surface area contributed by atoms with E-state index in [0.717, 1.165) is 12.1 Å². The first kappa shape index (κ1) is 31.6. The Bertz CT molecular complexity index is 1200. The Morgan fingerprint density at radius 2 is 1.45 bits per heavy atom. The summed E-state index contributed by atoms with van der Waals surface area (Å²) >= 11 is 6.00. The van der Waals surface area contributed by atoms with Crippen molar-refractivity contribution < 1.29 is 53.5 Å². The van der Waals surface area contributed by atoms with Crippen LogP contribution in [-0.4, -0.2) is 24.2 Å². The number of allylic oxidation sites excluding steroid dienone is 1. The number of carbonyl (C=O) groups is 2. The second kappa shape index (κ2) is 12.1. The smallest absolute Gasteiger partial charge is 0.273 e. The Balaban J connectivity index is 2.39. The van der Waals surface area contributed by atoms with Gasteiger partial charge in [0.05, 0.1) is 17.5 Å². The normalized spacial score (nSPS) is 13.7. The van der Waals surface area contributed by atoms with Crippen molar-refractivity contribution in [1.29, 1.82) is 0 Å². The lowest BCUT2D eigenvalue weighted by atomic mass is 9.95. The van der Waals surface area contributed by atoms with Crippen LogP contribution < -0.4 is 10.9 Å². The number of hydrogen-bond donors (Lipinski definition) is 2. The summed E-state index contributed by atoms with van der Waals surface area (Å²) in [6.07, 6.45) is -17.6. The van der Waals surface area contributed by atoms with Crippen LogP contribution in [-0.2, 0) is 11.0 Å². The zero-order valence-electron chi connectivity index (χ0n) is 18.4. The summed E-state index contributed by atoms with van der Waals surface area (Å²) in [4.78, 5) is 23.5. The first-order valence-electron chi connectivity index (χ1n) is 10.1. The van der Waals surface area contributed by atoms with Crippen molar-refractivity contribution in [3.63, 3.8) is 0 Å². The van der Waals surface area contributed by atoms with Gasteiger partial charge < -0.3 is 0 Å². The number of alkyl halides is 9. The average Bonchev–Trinajstić information content (AvgIpc) is 2.76. The Hall–Kier alpha value is -2.62. The lowest BCUT2D eigenvalue weighted by molar-refractivity contribution is -0.144. The van der Waals surface area contributed by atoms with Gasteiger partial charge in [0.15, 0.2) is 0 Å². The second-order valence-corrected chi connectivity index (χ2v) is 9.44. The van der Waals surface area contributed by atoms with Crippen LogP contribution in [0.5, 0.6) is 0 Å². The summed E-state index contributed by atoms with van der Waals surface area (Å²) < 4.78 is 134. The molecule has 0 heterocycles. The van der Waals surface area contributed by atoms with Crippen molar-refractivity contribution in [2.24, 2.45) is 0 Å². The van der Waals surface area contributed by atoms with Gasteiger partial charge in [-0.1, -0.05) is 37.9 Å². The van der Waals surface area contributed by atoms with Crippen LogP contribution in [0, 0.1) is 0 Å². The third kappa shape index (κ3) is 9.29. The van der Waals surface area contributed by atoms with Crippen LogP contribution in [0.1, 0.15) is 45.8 Å². The molecule has 2 aromatic rings. The van der Waals surface area contributed by atoms with Gasteiger partial charge in [-0.3, -0.25) is 20.4 Å². The van der Waals surface area contributed by atoms with Crippen molar-refractivity contribution in [2.45, 2.75) is 37.3 Å². The minimum Gasteiger partial charge on any atom is -0.273 e. The molecule has 0 radical (unpaired) electrons. The molecule has 0 spiro atoms. The molecular weight excluding hydrogens is 674 g/mol. The Labute approximate surface area is 224 Å². The highest BCUT2D eigenvalue weighted by molar-refractivity contribution is 9.11. The number of hydrogen-bond acceptors (Lipinski definition) is 2. The fourth-order valence-corrected chi connectivity index (χ4v) is 4.34. The van der Waals surface area contributed by atoms with Gasteiger partial charge in [-0.2, -0.15) is 39.5 Å². The maximum atomic E-state index is 14.9. The lowest BCUT2D eigenvalue weighted by Gasteiger charge is -2.19. The minimum atomic E-state index is -5.30. The SMILES string of the molecule is O=C(CCC(F)(F)F)NNC(=O)c1ccc(/C(F)=C/C(c2cc(Br)cc(Br)c2)C(F)(F)F)cc1C(F)(F)F. The third-order valence-corrected chi connectivity index (χ3v) is 5.62. The van der Waals surface area contributed by atoms with Gasteiger partial charge in [0.1, 0.15) is 11.7 Å². The van der Waals surface area contributed by atoms with Crippen molar-refractivity contribution in [3.05, 3.63) is 73.7 Å². The number of benzene rings is 2. The minimum absolute atomic E-state index is 0.0737. The maximum Gasteiger partial charge on any atom is 0.417 e. The van der Waals surface area contributed by atoms with E-state index in [9.17, 15) is 53.5 Å². The van der Waals surface area contributed by atoms with Crippen LogP contribution in [0.2, 0.25) is 0 Å². The molecule has 0 fully saturated rings. The molecular formula is C22H14Br2F10N2O2.